The Morgan fingerprint density at radius 3 is 2.60 bits per heavy atom. The minimum atomic E-state index is 0.420. The summed E-state index contributed by atoms with van der Waals surface area (Å²) in [7, 11) is 2.05. The first-order valence-electron chi connectivity index (χ1n) is 6.87. The molecule has 20 heavy (non-hydrogen) atoms. The predicted octanol–water partition coefficient (Wildman–Crippen LogP) is 5.34. The Balaban J connectivity index is 1.97. The third kappa shape index (κ3) is 4.57. The maximum absolute atomic E-state index is 3.57. The van der Waals surface area contributed by atoms with Crippen LogP contribution in [0.4, 0.5) is 0 Å². The zero-order valence-electron chi connectivity index (χ0n) is 11.6. The van der Waals surface area contributed by atoms with Crippen molar-refractivity contribution in [1.29, 1.82) is 0 Å². The molecular weight excluding hydrogens is 425 g/mol. The first-order chi connectivity index (χ1) is 9.70. The fraction of sp³-hybridized carbons (Fsp3) is 0.294. The summed E-state index contributed by atoms with van der Waals surface area (Å²) in [6, 6.07) is 17.6. The molecule has 0 aliphatic carbocycles. The first-order valence-corrected chi connectivity index (χ1v) is 8.74. The first kappa shape index (κ1) is 16.0. The zero-order valence-corrected chi connectivity index (χ0v) is 15.3. The van der Waals surface area contributed by atoms with Crippen LogP contribution in [0.15, 0.2) is 53.0 Å². The van der Waals surface area contributed by atoms with Crippen LogP contribution in [0.3, 0.4) is 0 Å². The molecule has 0 spiro atoms. The predicted molar refractivity (Wildman–Crippen MR) is 98.0 cm³/mol. The van der Waals surface area contributed by atoms with Gasteiger partial charge < -0.3 is 5.32 Å². The lowest BCUT2D eigenvalue weighted by Crippen LogP contribution is -2.17. The fourth-order valence-electron chi connectivity index (χ4n) is 2.39. The standard InChI is InChI=1S/C17H19BrIN/c1-20-17(15-12-14(18)10-11-16(15)19)9-5-8-13-6-3-2-4-7-13/h2-4,6-7,10-12,17,20H,5,8-9H2,1H3. The van der Waals surface area contributed by atoms with Crippen molar-refractivity contribution in [2.45, 2.75) is 25.3 Å². The van der Waals surface area contributed by atoms with Gasteiger partial charge in [0.15, 0.2) is 0 Å². The molecule has 3 heteroatoms. The maximum Gasteiger partial charge on any atom is 0.0328 e. The van der Waals surface area contributed by atoms with Crippen molar-refractivity contribution < 1.29 is 0 Å². The highest BCUT2D eigenvalue weighted by Gasteiger charge is 2.12. The highest BCUT2D eigenvalue weighted by molar-refractivity contribution is 14.1. The Hall–Kier alpha value is -0.390. The van der Waals surface area contributed by atoms with Crippen LogP contribution in [0.2, 0.25) is 0 Å². The van der Waals surface area contributed by atoms with E-state index in [0.717, 1.165) is 17.3 Å². The average Bonchev–Trinajstić information content (AvgIpc) is 2.48. The van der Waals surface area contributed by atoms with Gasteiger partial charge in [0.2, 0.25) is 0 Å². The van der Waals surface area contributed by atoms with Gasteiger partial charge in [0.25, 0.3) is 0 Å². The van der Waals surface area contributed by atoms with E-state index in [2.05, 4.69) is 92.4 Å². The summed E-state index contributed by atoms with van der Waals surface area (Å²) < 4.78 is 2.47. The van der Waals surface area contributed by atoms with Gasteiger partial charge in [-0.15, -0.1) is 0 Å². The van der Waals surface area contributed by atoms with Gasteiger partial charge in [0.05, 0.1) is 0 Å². The Kier molecular flexibility index (Phi) is 6.52. The summed E-state index contributed by atoms with van der Waals surface area (Å²) in [5.41, 5.74) is 2.81. The minimum absolute atomic E-state index is 0.420. The molecule has 0 fully saturated rings. The second kappa shape index (κ2) is 8.15. The molecule has 1 N–H and O–H groups in total. The van der Waals surface area contributed by atoms with E-state index in [1.165, 1.54) is 21.1 Å². The van der Waals surface area contributed by atoms with Gasteiger partial charge in [0, 0.05) is 14.1 Å². The molecule has 1 nitrogen and oxygen atoms in total. The van der Waals surface area contributed by atoms with E-state index in [9.17, 15) is 0 Å². The van der Waals surface area contributed by atoms with Crippen LogP contribution < -0.4 is 5.32 Å². The molecule has 106 valence electrons. The molecular formula is C17H19BrIN. The number of nitrogens with one attached hydrogen (secondary N) is 1. The SMILES string of the molecule is CNC(CCCc1ccccc1)c1cc(Br)ccc1I. The van der Waals surface area contributed by atoms with Crippen LogP contribution >= 0.6 is 38.5 Å². The Morgan fingerprint density at radius 2 is 1.90 bits per heavy atom. The molecule has 2 aromatic rings. The summed E-state index contributed by atoms with van der Waals surface area (Å²) in [6.45, 7) is 0. The van der Waals surface area contributed by atoms with Crippen LogP contribution in [-0.4, -0.2) is 7.05 Å². The number of halogens is 2. The van der Waals surface area contributed by atoms with Crippen LogP contribution in [0.1, 0.15) is 30.0 Å². The molecule has 1 atom stereocenters. The van der Waals surface area contributed by atoms with E-state index >= 15 is 0 Å². The Labute approximate surface area is 143 Å². The van der Waals surface area contributed by atoms with Crippen molar-refractivity contribution in [3.8, 4) is 0 Å². The van der Waals surface area contributed by atoms with Crippen LogP contribution in [0.5, 0.6) is 0 Å². The zero-order chi connectivity index (χ0) is 14.4. The Bertz CT molecular complexity index is 542. The molecule has 0 aromatic heterocycles. The molecule has 0 aliphatic heterocycles. The van der Waals surface area contributed by atoms with Gasteiger partial charge in [-0.3, -0.25) is 0 Å². The van der Waals surface area contributed by atoms with Crippen LogP contribution in [-0.2, 0) is 6.42 Å². The summed E-state index contributed by atoms with van der Waals surface area (Å²) >= 11 is 5.99. The molecule has 2 aromatic carbocycles. The number of rotatable bonds is 6. The van der Waals surface area contributed by atoms with Gasteiger partial charge in [-0.25, -0.2) is 0 Å². The molecule has 0 aliphatic rings. The number of benzene rings is 2. The molecule has 1 unspecified atom stereocenters. The van der Waals surface area contributed by atoms with Gasteiger partial charge in [-0.2, -0.15) is 0 Å². The topological polar surface area (TPSA) is 12.0 Å². The molecule has 0 amide bonds. The highest BCUT2D eigenvalue weighted by Crippen LogP contribution is 2.27. The smallest absolute Gasteiger partial charge is 0.0328 e. The Morgan fingerprint density at radius 1 is 1.15 bits per heavy atom. The van der Waals surface area contributed by atoms with E-state index in [4.69, 9.17) is 0 Å². The molecule has 0 heterocycles. The van der Waals surface area contributed by atoms with Crippen molar-refractivity contribution in [2.24, 2.45) is 0 Å². The van der Waals surface area contributed by atoms with E-state index in [1.54, 1.807) is 0 Å². The molecule has 0 saturated carbocycles. The van der Waals surface area contributed by atoms with Crippen molar-refractivity contribution >= 4 is 38.5 Å². The largest absolute Gasteiger partial charge is 0.313 e. The van der Waals surface area contributed by atoms with Gasteiger partial charge >= 0.3 is 0 Å². The lowest BCUT2D eigenvalue weighted by atomic mass is 9.99. The summed E-state index contributed by atoms with van der Waals surface area (Å²) in [5, 5.41) is 3.45. The summed E-state index contributed by atoms with van der Waals surface area (Å²) in [4.78, 5) is 0. The lowest BCUT2D eigenvalue weighted by Gasteiger charge is -2.18. The molecule has 0 bridgehead atoms. The summed E-state index contributed by atoms with van der Waals surface area (Å²) in [5.74, 6) is 0. The normalized spacial score (nSPS) is 12.3. The van der Waals surface area contributed by atoms with E-state index in [-0.39, 0.29) is 0 Å². The van der Waals surface area contributed by atoms with Crippen molar-refractivity contribution in [3.05, 3.63) is 67.7 Å². The monoisotopic (exact) mass is 443 g/mol. The van der Waals surface area contributed by atoms with Gasteiger partial charge in [-0.05, 0) is 78.2 Å². The number of aryl methyl sites for hydroxylation is 1. The van der Waals surface area contributed by atoms with E-state index in [1.807, 2.05) is 7.05 Å². The average molecular weight is 444 g/mol. The fourth-order valence-corrected chi connectivity index (χ4v) is 3.48. The molecule has 0 saturated heterocycles. The number of hydrogen-bond donors (Lipinski definition) is 1. The van der Waals surface area contributed by atoms with E-state index in [0.29, 0.717) is 6.04 Å². The third-order valence-electron chi connectivity index (χ3n) is 3.48. The quantitative estimate of drug-likeness (QED) is 0.594. The van der Waals surface area contributed by atoms with Crippen LogP contribution in [0, 0.1) is 3.57 Å². The van der Waals surface area contributed by atoms with Crippen molar-refractivity contribution in [1.82, 2.24) is 5.32 Å². The molecule has 0 radical (unpaired) electrons. The maximum atomic E-state index is 3.57. The van der Waals surface area contributed by atoms with Gasteiger partial charge in [0.1, 0.15) is 0 Å². The van der Waals surface area contributed by atoms with E-state index < -0.39 is 0 Å². The van der Waals surface area contributed by atoms with Gasteiger partial charge in [-0.1, -0.05) is 46.3 Å². The van der Waals surface area contributed by atoms with Crippen LogP contribution in [0.25, 0.3) is 0 Å². The minimum Gasteiger partial charge on any atom is -0.313 e. The lowest BCUT2D eigenvalue weighted by molar-refractivity contribution is 0.525. The van der Waals surface area contributed by atoms with Crippen molar-refractivity contribution in [2.75, 3.05) is 7.05 Å². The second-order valence-corrected chi connectivity index (χ2v) is 6.96. The highest BCUT2D eigenvalue weighted by atomic mass is 127. The third-order valence-corrected chi connectivity index (χ3v) is 4.96. The van der Waals surface area contributed by atoms with Crippen molar-refractivity contribution in [3.63, 3.8) is 0 Å². The molecule has 2 rings (SSSR count). The second-order valence-electron chi connectivity index (χ2n) is 4.88. The number of hydrogen-bond acceptors (Lipinski definition) is 1. The summed E-state index contributed by atoms with van der Waals surface area (Å²) in [6.07, 6.45) is 3.49.